The number of nitrogens with zero attached hydrogens (tertiary/aromatic N) is 3. The highest BCUT2D eigenvalue weighted by molar-refractivity contribution is 8.00. The van der Waals surface area contributed by atoms with Gasteiger partial charge in [-0.05, 0) is 39.2 Å². The molecule has 1 amide bonds. The van der Waals surface area contributed by atoms with Crippen molar-refractivity contribution in [2.24, 2.45) is 0 Å². The summed E-state index contributed by atoms with van der Waals surface area (Å²) >= 11 is 1.52. The van der Waals surface area contributed by atoms with Crippen molar-refractivity contribution in [1.29, 1.82) is 0 Å². The number of carbonyl (C=O) groups is 1. The van der Waals surface area contributed by atoms with E-state index in [-0.39, 0.29) is 28.5 Å². The van der Waals surface area contributed by atoms with Crippen LogP contribution in [-0.4, -0.2) is 38.6 Å². The number of anilines is 1. The predicted molar refractivity (Wildman–Crippen MR) is 111 cm³/mol. The predicted octanol–water partition coefficient (Wildman–Crippen LogP) is 4.00. The number of non-ortho nitro benzene ring substituents is 1. The minimum atomic E-state index is -0.406. The maximum atomic E-state index is 12.5. The maximum absolute atomic E-state index is 12.5. The average Bonchev–Trinajstić information content (AvgIpc) is 2.87. The van der Waals surface area contributed by atoms with Gasteiger partial charge in [0.15, 0.2) is 0 Å². The van der Waals surface area contributed by atoms with E-state index in [2.05, 4.69) is 19.2 Å². The number of aromatic nitrogens is 2. The molecule has 1 saturated heterocycles. The molecule has 1 fully saturated rings. The molecule has 1 aromatic heterocycles. The van der Waals surface area contributed by atoms with Gasteiger partial charge in [0.25, 0.3) is 5.69 Å². The average molecular weight is 417 g/mol. The number of carbonyl (C=O) groups excluding carboxylic acids is 1. The molecule has 4 rings (SSSR count). The van der Waals surface area contributed by atoms with E-state index < -0.39 is 4.92 Å². The van der Waals surface area contributed by atoms with Gasteiger partial charge in [0.05, 0.1) is 33.3 Å². The van der Waals surface area contributed by atoms with Crippen LogP contribution in [0.15, 0.2) is 24.3 Å². The third-order valence-corrected chi connectivity index (χ3v) is 6.73. The van der Waals surface area contributed by atoms with Crippen LogP contribution in [0.3, 0.4) is 0 Å². The largest absolute Gasteiger partial charge is 0.375 e. The summed E-state index contributed by atoms with van der Waals surface area (Å²) in [5, 5.41) is 18.7. The Morgan fingerprint density at radius 2 is 2.07 bits per heavy atom. The molecule has 0 unspecified atom stereocenters. The third kappa shape index (κ3) is 3.89. The second-order valence-corrected chi connectivity index (χ2v) is 9.23. The molecule has 1 N–H and O–H groups in total. The Morgan fingerprint density at radius 3 is 2.72 bits per heavy atom. The first kappa shape index (κ1) is 19.9. The topological polar surface area (TPSA) is 99.3 Å². The van der Waals surface area contributed by atoms with Crippen LogP contribution in [-0.2, 0) is 9.53 Å². The van der Waals surface area contributed by atoms with Crippen molar-refractivity contribution in [2.75, 3.05) is 17.7 Å². The summed E-state index contributed by atoms with van der Waals surface area (Å²) in [6, 6.07) is 6.70. The van der Waals surface area contributed by atoms with Crippen LogP contribution in [0.5, 0.6) is 0 Å². The number of hydrogen-bond acceptors (Lipinski definition) is 6. The van der Waals surface area contributed by atoms with Crippen molar-refractivity contribution < 1.29 is 14.5 Å². The highest BCUT2D eigenvalue weighted by atomic mass is 32.2. The minimum Gasteiger partial charge on any atom is -0.375 e. The van der Waals surface area contributed by atoms with Crippen molar-refractivity contribution >= 4 is 29.2 Å². The van der Waals surface area contributed by atoms with Gasteiger partial charge in [0.1, 0.15) is 5.82 Å². The van der Waals surface area contributed by atoms with E-state index >= 15 is 0 Å². The first-order chi connectivity index (χ1) is 13.7. The van der Waals surface area contributed by atoms with E-state index in [1.807, 2.05) is 11.6 Å². The number of nitro benzene ring substituents is 1. The number of hydrogen-bond donors (Lipinski definition) is 1. The Kier molecular flexibility index (Phi) is 5.12. The van der Waals surface area contributed by atoms with E-state index in [9.17, 15) is 14.9 Å². The van der Waals surface area contributed by atoms with Gasteiger partial charge in [-0.3, -0.25) is 14.9 Å². The molecule has 2 aromatic rings. The number of nitro groups is 1. The SMILES string of the molecule is Cc1nn([C@H]2CCOC(C)(C)C2)c2c1[C@H](c1ccc([N+](=O)[O-])cc1)SCC(=O)N2. The highest BCUT2D eigenvalue weighted by Gasteiger charge is 2.36. The molecule has 3 heterocycles. The Labute approximate surface area is 173 Å². The first-order valence-corrected chi connectivity index (χ1v) is 10.7. The summed E-state index contributed by atoms with van der Waals surface area (Å²) in [6.45, 7) is 6.75. The molecule has 0 aliphatic carbocycles. The van der Waals surface area contributed by atoms with E-state index in [1.54, 1.807) is 12.1 Å². The van der Waals surface area contributed by atoms with Gasteiger partial charge in [-0.1, -0.05) is 12.1 Å². The van der Waals surface area contributed by atoms with Crippen LogP contribution in [0, 0.1) is 17.0 Å². The number of fused-ring (bicyclic) bond motifs is 1. The Bertz CT molecular complexity index is 954. The van der Waals surface area contributed by atoms with E-state index in [1.165, 1.54) is 23.9 Å². The first-order valence-electron chi connectivity index (χ1n) is 9.64. The standard InChI is InChI=1S/C20H24N4O4S/c1-12-17-18(13-4-6-14(7-5-13)24(26)27)29-11-16(25)21-19(17)23(22-12)15-8-9-28-20(2,3)10-15/h4-7,15,18H,8-11H2,1-3H3,(H,21,25)/t15-,18-/m0/s1. The number of benzene rings is 1. The van der Waals surface area contributed by atoms with E-state index in [0.29, 0.717) is 12.4 Å². The fourth-order valence-electron chi connectivity index (χ4n) is 4.12. The second kappa shape index (κ2) is 7.46. The number of ether oxygens (including phenoxy) is 1. The fourth-order valence-corrected chi connectivity index (χ4v) is 5.30. The maximum Gasteiger partial charge on any atom is 0.269 e. The molecule has 0 spiro atoms. The zero-order chi connectivity index (χ0) is 20.8. The van der Waals surface area contributed by atoms with Gasteiger partial charge in [-0.15, -0.1) is 11.8 Å². The molecule has 8 nitrogen and oxygen atoms in total. The summed E-state index contributed by atoms with van der Waals surface area (Å²) in [5.41, 5.74) is 2.57. The summed E-state index contributed by atoms with van der Waals surface area (Å²) < 4.78 is 7.80. The minimum absolute atomic E-state index is 0.0543. The smallest absolute Gasteiger partial charge is 0.269 e. The zero-order valence-corrected chi connectivity index (χ0v) is 17.5. The lowest BCUT2D eigenvalue weighted by Crippen LogP contribution is -2.36. The quantitative estimate of drug-likeness (QED) is 0.600. The Balaban J connectivity index is 1.76. The summed E-state index contributed by atoms with van der Waals surface area (Å²) in [4.78, 5) is 23.0. The number of rotatable bonds is 3. The zero-order valence-electron chi connectivity index (χ0n) is 16.7. The molecule has 0 saturated carbocycles. The van der Waals surface area contributed by atoms with Gasteiger partial charge in [0.2, 0.25) is 5.91 Å². The van der Waals surface area contributed by atoms with Crippen LogP contribution in [0.25, 0.3) is 0 Å². The molecule has 1 aromatic carbocycles. The fraction of sp³-hybridized carbons (Fsp3) is 0.500. The molecule has 9 heteroatoms. The van der Waals surface area contributed by atoms with Gasteiger partial charge >= 0.3 is 0 Å². The molecule has 0 bridgehead atoms. The van der Waals surface area contributed by atoms with E-state index in [4.69, 9.17) is 9.84 Å². The van der Waals surface area contributed by atoms with Gasteiger partial charge < -0.3 is 10.1 Å². The lowest BCUT2D eigenvalue weighted by molar-refractivity contribution is -0.384. The van der Waals surface area contributed by atoms with Gasteiger partial charge in [0, 0.05) is 24.3 Å². The summed E-state index contributed by atoms with van der Waals surface area (Å²) in [5.74, 6) is 0.992. The number of aryl methyl sites for hydroxylation is 1. The van der Waals surface area contributed by atoms with Crippen molar-refractivity contribution in [3.8, 4) is 0 Å². The molecule has 2 atom stereocenters. The lowest BCUT2D eigenvalue weighted by atomic mass is 9.94. The second-order valence-electron chi connectivity index (χ2n) is 8.13. The van der Waals surface area contributed by atoms with Crippen molar-refractivity contribution in [2.45, 2.75) is 50.5 Å². The van der Waals surface area contributed by atoms with Crippen LogP contribution >= 0.6 is 11.8 Å². The molecule has 154 valence electrons. The molecule has 2 aliphatic rings. The van der Waals surface area contributed by atoms with Gasteiger partial charge in [-0.25, -0.2) is 4.68 Å². The number of nitrogens with one attached hydrogen (secondary N) is 1. The molecular formula is C20H24N4O4S. The van der Waals surface area contributed by atoms with Crippen LogP contribution in [0.1, 0.15) is 54.8 Å². The molecular weight excluding hydrogens is 392 g/mol. The normalized spacial score (nSPS) is 23.8. The third-order valence-electron chi connectivity index (χ3n) is 5.46. The van der Waals surface area contributed by atoms with Crippen LogP contribution in [0.4, 0.5) is 11.5 Å². The van der Waals surface area contributed by atoms with Crippen molar-refractivity contribution in [3.05, 3.63) is 51.2 Å². The monoisotopic (exact) mass is 416 g/mol. The lowest BCUT2D eigenvalue weighted by Gasteiger charge is -2.36. The van der Waals surface area contributed by atoms with Crippen LogP contribution < -0.4 is 5.32 Å². The van der Waals surface area contributed by atoms with Crippen molar-refractivity contribution in [3.63, 3.8) is 0 Å². The van der Waals surface area contributed by atoms with Gasteiger partial charge in [-0.2, -0.15) is 5.10 Å². The Hall–Kier alpha value is -2.39. The number of amides is 1. The van der Waals surface area contributed by atoms with Crippen LogP contribution in [0.2, 0.25) is 0 Å². The highest BCUT2D eigenvalue weighted by Crippen LogP contribution is 2.45. The molecule has 2 aliphatic heterocycles. The van der Waals surface area contributed by atoms with E-state index in [0.717, 1.165) is 35.5 Å². The summed E-state index contributed by atoms with van der Waals surface area (Å²) in [7, 11) is 0. The number of thioether (sulfide) groups is 1. The molecule has 0 radical (unpaired) electrons. The summed E-state index contributed by atoms with van der Waals surface area (Å²) in [6.07, 6.45) is 1.65. The molecule has 29 heavy (non-hydrogen) atoms. The van der Waals surface area contributed by atoms with Crippen molar-refractivity contribution in [1.82, 2.24) is 9.78 Å². The Morgan fingerprint density at radius 1 is 1.34 bits per heavy atom.